The molecule has 1 aromatic carbocycles. The highest BCUT2D eigenvalue weighted by atomic mass is 79.9. The quantitative estimate of drug-likeness (QED) is 0.927. The molecule has 0 aliphatic heterocycles. The number of nitrogens with zero attached hydrogens (tertiary/aromatic N) is 1. The molecule has 0 amide bonds. The van der Waals surface area contributed by atoms with E-state index in [1.807, 2.05) is 0 Å². The Hall–Kier alpha value is -0.450. The van der Waals surface area contributed by atoms with Crippen molar-refractivity contribution < 1.29 is 4.39 Å². The van der Waals surface area contributed by atoms with Gasteiger partial charge in [0.05, 0.1) is 0 Å². The summed E-state index contributed by atoms with van der Waals surface area (Å²) >= 11 is 3.48. The van der Waals surface area contributed by atoms with E-state index in [0.717, 1.165) is 42.3 Å². The van der Waals surface area contributed by atoms with Gasteiger partial charge in [0.2, 0.25) is 0 Å². The molecule has 1 saturated carbocycles. The maximum atomic E-state index is 13.2. The molecule has 100 valence electrons. The summed E-state index contributed by atoms with van der Waals surface area (Å²) in [5, 5.41) is 0. The van der Waals surface area contributed by atoms with Gasteiger partial charge in [-0.1, -0.05) is 15.9 Å². The van der Waals surface area contributed by atoms with Gasteiger partial charge in [0.15, 0.2) is 0 Å². The first kappa shape index (κ1) is 14.0. The van der Waals surface area contributed by atoms with E-state index in [-0.39, 0.29) is 5.82 Å². The second-order valence-electron chi connectivity index (χ2n) is 5.22. The van der Waals surface area contributed by atoms with Crippen LogP contribution in [-0.2, 0) is 6.54 Å². The normalized spacial score (nSPS) is 24.5. The molecule has 0 heterocycles. The molecule has 0 saturated heterocycles. The van der Waals surface area contributed by atoms with Gasteiger partial charge >= 0.3 is 0 Å². The Morgan fingerprint density at radius 2 is 2.00 bits per heavy atom. The third-order valence-electron chi connectivity index (χ3n) is 3.79. The van der Waals surface area contributed by atoms with Gasteiger partial charge in [0, 0.05) is 23.1 Å². The van der Waals surface area contributed by atoms with Gasteiger partial charge in [0.1, 0.15) is 5.82 Å². The van der Waals surface area contributed by atoms with Crippen LogP contribution in [0.5, 0.6) is 0 Å². The summed E-state index contributed by atoms with van der Waals surface area (Å²) in [6.45, 7) is 0.776. The van der Waals surface area contributed by atoms with E-state index in [0.29, 0.717) is 12.1 Å². The summed E-state index contributed by atoms with van der Waals surface area (Å²) in [6, 6.07) is 5.80. The van der Waals surface area contributed by atoms with Crippen LogP contribution in [0, 0.1) is 5.82 Å². The molecule has 2 nitrogen and oxygen atoms in total. The summed E-state index contributed by atoms with van der Waals surface area (Å²) in [5.41, 5.74) is 6.92. The van der Waals surface area contributed by atoms with Crippen LogP contribution in [0.3, 0.4) is 0 Å². The third kappa shape index (κ3) is 3.53. The zero-order valence-electron chi connectivity index (χ0n) is 10.7. The summed E-state index contributed by atoms with van der Waals surface area (Å²) in [7, 11) is 2.11. The molecule has 0 radical (unpaired) electrons. The SMILES string of the molecule is CN(Cc1cc(F)ccc1Br)C1CCC(N)CC1. The Morgan fingerprint density at radius 3 is 2.67 bits per heavy atom. The summed E-state index contributed by atoms with van der Waals surface area (Å²) < 4.78 is 14.2. The smallest absolute Gasteiger partial charge is 0.123 e. The van der Waals surface area contributed by atoms with E-state index in [1.165, 1.54) is 6.07 Å². The van der Waals surface area contributed by atoms with Crippen LogP contribution in [-0.4, -0.2) is 24.0 Å². The monoisotopic (exact) mass is 314 g/mol. The predicted octanol–water partition coefficient (Wildman–Crippen LogP) is 3.29. The molecule has 2 N–H and O–H groups in total. The first-order valence-electron chi connectivity index (χ1n) is 6.46. The number of benzene rings is 1. The standard InChI is InChI=1S/C14H20BrFN2/c1-18(13-5-3-12(17)4-6-13)9-10-8-11(16)2-7-14(10)15/h2,7-8,12-13H,3-6,9,17H2,1H3. The Kier molecular flexibility index (Phi) is 4.76. The minimum atomic E-state index is -0.174. The van der Waals surface area contributed by atoms with Crippen molar-refractivity contribution in [2.24, 2.45) is 5.73 Å². The van der Waals surface area contributed by atoms with E-state index < -0.39 is 0 Å². The average Bonchev–Trinajstić information content (AvgIpc) is 2.34. The van der Waals surface area contributed by atoms with Crippen molar-refractivity contribution in [2.75, 3.05) is 7.05 Å². The van der Waals surface area contributed by atoms with Crippen molar-refractivity contribution >= 4 is 15.9 Å². The molecule has 0 unspecified atom stereocenters. The third-order valence-corrected chi connectivity index (χ3v) is 4.57. The van der Waals surface area contributed by atoms with E-state index in [2.05, 4.69) is 27.9 Å². The largest absolute Gasteiger partial charge is 0.328 e. The van der Waals surface area contributed by atoms with Crippen molar-refractivity contribution in [3.05, 3.63) is 34.1 Å². The first-order valence-corrected chi connectivity index (χ1v) is 7.25. The Bertz CT molecular complexity index is 403. The van der Waals surface area contributed by atoms with Crippen molar-refractivity contribution in [3.63, 3.8) is 0 Å². The predicted molar refractivity (Wildman–Crippen MR) is 75.8 cm³/mol. The van der Waals surface area contributed by atoms with Crippen molar-refractivity contribution in [1.82, 2.24) is 4.90 Å². The zero-order valence-corrected chi connectivity index (χ0v) is 12.3. The molecule has 2 rings (SSSR count). The molecular formula is C14H20BrFN2. The highest BCUT2D eigenvalue weighted by Gasteiger charge is 2.22. The molecule has 0 aromatic heterocycles. The van der Waals surface area contributed by atoms with Crippen LogP contribution in [0.15, 0.2) is 22.7 Å². The van der Waals surface area contributed by atoms with E-state index in [4.69, 9.17) is 5.73 Å². The second-order valence-corrected chi connectivity index (χ2v) is 6.07. The maximum Gasteiger partial charge on any atom is 0.123 e. The molecule has 1 aliphatic rings. The van der Waals surface area contributed by atoms with Crippen LogP contribution >= 0.6 is 15.9 Å². The fourth-order valence-electron chi connectivity index (χ4n) is 2.60. The lowest BCUT2D eigenvalue weighted by atomic mass is 9.91. The fraction of sp³-hybridized carbons (Fsp3) is 0.571. The van der Waals surface area contributed by atoms with Gasteiger partial charge < -0.3 is 5.73 Å². The molecule has 0 bridgehead atoms. The van der Waals surface area contributed by atoms with E-state index in [1.54, 1.807) is 12.1 Å². The minimum Gasteiger partial charge on any atom is -0.328 e. The number of rotatable bonds is 3. The number of halogens is 2. The topological polar surface area (TPSA) is 29.3 Å². The van der Waals surface area contributed by atoms with Gasteiger partial charge in [-0.05, 0) is 56.5 Å². The van der Waals surface area contributed by atoms with E-state index in [9.17, 15) is 4.39 Å². The second kappa shape index (κ2) is 6.13. The zero-order chi connectivity index (χ0) is 13.1. The van der Waals surface area contributed by atoms with Gasteiger partial charge in [-0.3, -0.25) is 4.90 Å². The fourth-order valence-corrected chi connectivity index (χ4v) is 2.98. The number of hydrogen-bond donors (Lipinski definition) is 1. The highest BCUT2D eigenvalue weighted by Crippen LogP contribution is 2.25. The Labute approximate surface area is 116 Å². The summed E-state index contributed by atoms with van der Waals surface area (Å²) in [5.74, 6) is -0.174. The van der Waals surface area contributed by atoms with Crippen molar-refractivity contribution in [2.45, 2.75) is 44.3 Å². The molecule has 0 spiro atoms. The average molecular weight is 315 g/mol. The molecule has 1 aromatic rings. The van der Waals surface area contributed by atoms with Gasteiger partial charge in [-0.15, -0.1) is 0 Å². The van der Waals surface area contributed by atoms with Crippen molar-refractivity contribution in [3.8, 4) is 0 Å². The molecule has 1 aliphatic carbocycles. The summed E-state index contributed by atoms with van der Waals surface area (Å²) in [4.78, 5) is 2.31. The number of nitrogens with two attached hydrogens (primary N) is 1. The van der Waals surface area contributed by atoms with Gasteiger partial charge in [0.25, 0.3) is 0 Å². The summed E-state index contributed by atoms with van der Waals surface area (Å²) in [6.07, 6.45) is 4.48. The Morgan fingerprint density at radius 1 is 1.33 bits per heavy atom. The highest BCUT2D eigenvalue weighted by molar-refractivity contribution is 9.10. The van der Waals surface area contributed by atoms with Gasteiger partial charge in [-0.2, -0.15) is 0 Å². The van der Waals surface area contributed by atoms with E-state index >= 15 is 0 Å². The lowest BCUT2D eigenvalue weighted by molar-refractivity contribution is 0.176. The van der Waals surface area contributed by atoms with Crippen LogP contribution < -0.4 is 5.73 Å². The van der Waals surface area contributed by atoms with Crippen molar-refractivity contribution in [1.29, 1.82) is 0 Å². The molecule has 1 fully saturated rings. The van der Waals surface area contributed by atoms with Gasteiger partial charge in [-0.25, -0.2) is 4.39 Å². The lowest BCUT2D eigenvalue weighted by Crippen LogP contribution is -2.38. The molecule has 4 heteroatoms. The molecular weight excluding hydrogens is 295 g/mol. The van der Waals surface area contributed by atoms with Crippen LogP contribution in [0.1, 0.15) is 31.2 Å². The van der Waals surface area contributed by atoms with Crippen LogP contribution in [0.25, 0.3) is 0 Å². The van der Waals surface area contributed by atoms with Crippen LogP contribution in [0.4, 0.5) is 4.39 Å². The Balaban J connectivity index is 1.98. The minimum absolute atomic E-state index is 0.174. The molecule has 18 heavy (non-hydrogen) atoms. The number of hydrogen-bond acceptors (Lipinski definition) is 2. The lowest BCUT2D eigenvalue weighted by Gasteiger charge is -2.33. The maximum absolute atomic E-state index is 13.2. The molecule has 0 atom stereocenters. The van der Waals surface area contributed by atoms with Crippen LogP contribution in [0.2, 0.25) is 0 Å². The first-order chi connectivity index (χ1) is 8.56.